The van der Waals surface area contributed by atoms with Crippen molar-refractivity contribution in [2.24, 2.45) is 7.05 Å². The van der Waals surface area contributed by atoms with Crippen LogP contribution in [-0.2, 0) is 7.05 Å². The van der Waals surface area contributed by atoms with Crippen molar-refractivity contribution >= 4 is 33.9 Å². The molecule has 3 N–H and O–H groups in total. The van der Waals surface area contributed by atoms with Gasteiger partial charge < -0.3 is 30.2 Å². The van der Waals surface area contributed by atoms with Crippen LogP contribution >= 0.6 is 0 Å². The Hall–Kier alpha value is -3.78. The van der Waals surface area contributed by atoms with Crippen LogP contribution in [0.4, 0.5) is 23.0 Å². The highest BCUT2D eigenvalue weighted by molar-refractivity contribution is 5.95. The number of benzene rings is 2. The molecule has 33 heavy (non-hydrogen) atoms. The van der Waals surface area contributed by atoms with Crippen LogP contribution in [0, 0.1) is 0 Å². The average Bonchev–Trinajstić information content (AvgIpc) is 3.23. The van der Waals surface area contributed by atoms with E-state index in [9.17, 15) is 0 Å². The molecule has 172 valence electrons. The Morgan fingerprint density at radius 2 is 2.06 bits per heavy atom. The van der Waals surface area contributed by atoms with E-state index in [1.807, 2.05) is 19.0 Å². The zero-order valence-corrected chi connectivity index (χ0v) is 19.0. The van der Waals surface area contributed by atoms with Crippen molar-refractivity contribution in [3.63, 3.8) is 0 Å². The predicted octanol–water partition coefficient (Wildman–Crippen LogP) is 3.97. The molecule has 2 aromatic heterocycles. The van der Waals surface area contributed by atoms with Crippen LogP contribution in [0.15, 0.2) is 54.8 Å². The molecule has 0 radical (unpaired) electrons. The fraction of sp³-hybridized carbons (Fsp3) is 0.280. The van der Waals surface area contributed by atoms with Crippen LogP contribution < -0.4 is 20.7 Å². The first-order valence-electron chi connectivity index (χ1n) is 13.8. The van der Waals surface area contributed by atoms with Crippen molar-refractivity contribution in [2.45, 2.75) is 0 Å². The number of anilines is 4. The summed E-state index contributed by atoms with van der Waals surface area (Å²) < 4.78 is 64.1. The lowest BCUT2D eigenvalue weighted by molar-refractivity contribution is 0.413. The highest BCUT2D eigenvalue weighted by atomic mass is 16.5. The third kappa shape index (κ3) is 4.70. The van der Waals surface area contributed by atoms with Gasteiger partial charge in [-0.15, -0.1) is 0 Å². The summed E-state index contributed by atoms with van der Waals surface area (Å²) in [4.78, 5) is 12.0. The number of rotatable bonds is 8. The first-order valence-corrected chi connectivity index (χ1v) is 10.3. The lowest BCUT2D eigenvalue weighted by Gasteiger charge is -2.24. The highest BCUT2D eigenvalue weighted by Crippen LogP contribution is 2.36. The van der Waals surface area contributed by atoms with Crippen molar-refractivity contribution in [2.75, 3.05) is 57.2 Å². The monoisotopic (exact) mass is 452 g/mol. The topological polar surface area (TPSA) is 84.5 Å². The first kappa shape index (κ1) is 15.1. The molecule has 0 saturated carbocycles. The first-order chi connectivity index (χ1) is 18.7. The molecule has 0 aliphatic heterocycles. The Morgan fingerprint density at radius 1 is 1.24 bits per heavy atom. The highest BCUT2D eigenvalue weighted by Gasteiger charge is 2.15. The minimum absolute atomic E-state index is 0.130. The van der Waals surface area contributed by atoms with Gasteiger partial charge in [-0.25, -0.2) is 9.97 Å². The Kier molecular flexibility index (Phi) is 4.30. The van der Waals surface area contributed by atoms with Gasteiger partial charge in [0.2, 0.25) is 5.95 Å². The summed E-state index contributed by atoms with van der Waals surface area (Å²) in [5.74, 6) is 0.512. The number of aromatic nitrogens is 3. The van der Waals surface area contributed by atoms with Crippen LogP contribution in [0.1, 0.15) is 9.60 Å². The summed E-state index contributed by atoms with van der Waals surface area (Å²) in [5.41, 5.74) is 8.60. The van der Waals surface area contributed by atoms with Gasteiger partial charge in [0.05, 0.1) is 35.3 Å². The van der Waals surface area contributed by atoms with Gasteiger partial charge in [0.25, 0.3) is 0 Å². The second-order valence-corrected chi connectivity index (χ2v) is 7.83. The Bertz CT molecular complexity index is 1570. The van der Waals surface area contributed by atoms with E-state index in [4.69, 9.17) is 20.1 Å². The summed E-state index contributed by atoms with van der Waals surface area (Å²) >= 11 is 0. The number of nitrogens with one attached hydrogen (secondary N) is 1. The maximum absolute atomic E-state index is 8.45. The number of para-hydroxylation sites is 1. The maximum atomic E-state index is 8.45. The van der Waals surface area contributed by atoms with E-state index in [1.54, 1.807) is 36.0 Å². The van der Waals surface area contributed by atoms with Crippen molar-refractivity contribution in [1.82, 2.24) is 19.4 Å². The summed E-state index contributed by atoms with van der Waals surface area (Å²) in [6.45, 7) is -1.70. The molecule has 0 unspecified atom stereocenters. The van der Waals surface area contributed by atoms with Crippen LogP contribution in [0.5, 0.6) is 5.75 Å². The summed E-state index contributed by atoms with van der Waals surface area (Å²) in [7, 11) is 6.88. The van der Waals surface area contributed by atoms with Crippen molar-refractivity contribution in [3.8, 4) is 17.0 Å². The largest absolute Gasteiger partial charge is 0.494 e. The molecule has 0 bridgehead atoms. The van der Waals surface area contributed by atoms with E-state index in [0.717, 1.165) is 0 Å². The SMILES string of the molecule is [2H]c1c([2H])c([2H])c2c(c(-c3ccnc(Nc4cc(N)c(N(CCN(C)C)C([2H])([2H])[2H])cc4OC)n3)cn2C)c1[2H]. The van der Waals surface area contributed by atoms with Crippen LogP contribution in [0.3, 0.4) is 0 Å². The smallest absolute Gasteiger partial charge is 0.227 e. The van der Waals surface area contributed by atoms with E-state index < -0.39 is 6.98 Å². The minimum atomic E-state index is -2.42. The number of aryl methyl sites for hydroxylation is 1. The van der Waals surface area contributed by atoms with E-state index >= 15 is 0 Å². The molecule has 0 aliphatic rings. The normalized spacial score (nSPS) is 14.6. The second-order valence-electron chi connectivity index (χ2n) is 7.83. The molecule has 0 fully saturated rings. The number of hydrogen-bond acceptors (Lipinski definition) is 7. The molecule has 8 heteroatoms. The lowest BCUT2D eigenvalue weighted by Crippen LogP contribution is -2.29. The number of methoxy groups -OCH3 is 1. The van der Waals surface area contributed by atoms with Crippen molar-refractivity contribution < 1.29 is 14.3 Å². The Morgan fingerprint density at radius 3 is 2.82 bits per heavy atom. The quantitative estimate of drug-likeness (QED) is 0.391. The predicted molar refractivity (Wildman–Crippen MR) is 136 cm³/mol. The number of ether oxygens (including phenoxy) is 1. The molecular weight excluding hydrogens is 414 g/mol. The van der Waals surface area contributed by atoms with E-state index in [1.165, 1.54) is 18.2 Å². The standard InChI is InChI=1S/C25H31N7O/c1-30(2)12-13-31(3)23-15-24(33-5)21(14-19(23)26)29-25-27-11-10-20(28-25)18-16-32(4)22-9-7-6-8-17(18)22/h6-11,14-16H,12-13,26H2,1-5H3,(H,27,28,29)/i3D3,6D,7D,8D,9D. The van der Waals surface area contributed by atoms with Gasteiger partial charge in [-0.05, 0) is 32.3 Å². The molecule has 2 aromatic carbocycles. The van der Waals surface area contributed by atoms with Gasteiger partial charge in [-0.1, -0.05) is 18.1 Å². The molecule has 0 spiro atoms. The summed E-state index contributed by atoms with van der Waals surface area (Å²) in [6.07, 6.45) is 3.23. The molecule has 0 amide bonds. The zero-order chi connectivity index (χ0) is 29.5. The molecule has 0 atom stereocenters. The molecule has 0 saturated heterocycles. The van der Waals surface area contributed by atoms with Crippen molar-refractivity contribution in [3.05, 3.63) is 54.8 Å². The van der Waals surface area contributed by atoms with Gasteiger partial charge in [0, 0.05) is 66.2 Å². The summed E-state index contributed by atoms with van der Waals surface area (Å²) in [5, 5.41) is 3.43. The van der Waals surface area contributed by atoms with Gasteiger partial charge in [-0.3, -0.25) is 0 Å². The third-order valence-electron chi connectivity index (χ3n) is 5.20. The number of nitrogens with zero attached hydrogens (tertiary/aromatic N) is 5. The number of nitrogens with two attached hydrogens (primary N) is 1. The zero-order valence-electron chi connectivity index (χ0n) is 26.0. The Labute approximate surface area is 204 Å². The van der Waals surface area contributed by atoms with Gasteiger partial charge in [0.15, 0.2) is 0 Å². The third-order valence-corrected chi connectivity index (χ3v) is 5.20. The molecule has 4 aromatic rings. The van der Waals surface area contributed by atoms with E-state index in [-0.39, 0.29) is 42.4 Å². The fourth-order valence-electron chi connectivity index (χ4n) is 3.48. The van der Waals surface area contributed by atoms with E-state index in [2.05, 4.69) is 15.3 Å². The average molecular weight is 453 g/mol. The molecule has 4 rings (SSSR count). The van der Waals surface area contributed by atoms with Crippen LogP contribution in [0.2, 0.25) is 0 Å². The summed E-state index contributed by atoms with van der Waals surface area (Å²) in [6, 6.07) is 3.86. The van der Waals surface area contributed by atoms with Crippen molar-refractivity contribution in [1.29, 1.82) is 0 Å². The minimum Gasteiger partial charge on any atom is -0.494 e. The molecule has 0 aliphatic carbocycles. The lowest BCUT2D eigenvalue weighted by atomic mass is 10.1. The van der Waals surface area contributed by atoms with Crippen LogP contribution in [0.25, 0.3) is 22.2 Å². The van der Waals surface area contributed by atoms with Gasteiger partial charge in [-0.2, -0.15) is 0 Å². The number of hydrogen-bond donors (Lipinski definition) is 2. The fourth-order valence-corrected chi connectivity index (χ4v) is 3.48. The number of nitrogen functional groups attached to an aromatic ring is 1. The second kappa shape index (κ2) is 9.38. The number of fused-ring (bicyclic) bond motifs is 1. The maximum Gasteiger partial charge on any atom is 0.227 e. The number of likely N-dealkylation sites (N-methyl/N-ethyl adjacent to an activating group) is 2. The Balaban J connectivity index is 1.74. The molecule has 8 nitrogen and oxygen atoms in total. The van der Waals surface area contributed by atoms with Crippen LogP contribution in [-0.4, -0.2) is 60.7 Å². The van der Waals surface area contributed by atoms with Gasteiger partial charge in [0.1, 0.15) is 5.75 Å². The molecule has 2 heterocycles. The van der Waals surface area contributed by atoms with Gasteiger partial charge >= 0.3 is 0 Å². The van der Waals surface area contributed by atoms with E-state index in [0.29, 0.717) is 45.8 Å². The molecular formula is C25H31N7O.